The number of allylic oxidation sites excluding steroid dienone is 6. The van der Waals surface area contributed by atoms with Crippen molar-refractivity contribution in [2.75, 3.05) is 47.5 Å². The van der Waals surface area contributed by atoms with Crippen LogP contribution in [-0.4, -0.2) is 74.9 Å². The summed E-state index contributed by atoms with van der Waals surface area (Å²) >= 11 is 0. The third-order valence-corrected chi connectivity index (χ3v) is 16.6. The molecule has 0 aliphatic rings. The van der Waals surface area contributed by atoms with Crippen LogP contribution in [0.3, 0.4) is 0 Å². The number of phosphoric ester groups is 1. The molecule has 0 bridgehead atoms. The van der Waals surface area contributed by atoms with E-state index in [4.69, 9.17) is 18.5 Å². The first-order chi connectivity index (χ1) is 39.0. The van der Waals surface area contributed by atoms with Crippen molar-refractivity contribution in [1.82, 2.24) is 0 Å². The number of likely N-dealkylation sites (N-methyl/N-ethyl adjacent to an activating group) is 1. The third kappa shape index (κ3) is 65.4. The molecular weight excluding hydrogens is 1010 g/mol. The Kier molecular flexibility index (Phi) is 60.4. The van der Waals surface area contributed by atoms with Crippen molar-refractivity contribution >= 4 is 19.8 Å². The van der Waals surface area contributed by atoms with Gasteiger partial charge in [-0.05, 0) is 70.6 Å². The highest BCUT2D eigenvalue weighted by Gasteiger charge is 2.27. The Bertz CT molecular complexity index is 1440. The lowest BCUT2D eigenvalue weighted by Crippen LogP contribution is -2.37. The van der Waals surface area contributed by atoms with Gasteiger partial charge in [-0.15, -0.1) is 0 Å². The summed E-state index contributed by atoms with van der Waals surface area (Å²) < 4.78 is 34.6. The summed E-state index contributed by atoms with van der Waals surface area (Å²) in [7, 11) is 1.49. The Labute approximate surface area is 497 Å². The van der Waals surface area contributed by atoms with E-state index in [0.29, 0.717) is 23.9 Å². The van der Waals surface area contributed by atoms with E-state index in [1.165, 1.54) is 263 Å². The summed E-state index contributed by atoms with van der Waals surface area (Å²) in [4.78, 5) is 35.8. The molecule has 0 heterocycles. The standard InChI is InChI=1S/C70H134NO8P/c1-6-8-10-12-14-16-18-20-22-24-25-26-27-28-29-30-31-32-33-34-35-36-37-38-39-40-41-42-43-44-45-47-48-50-52-54-56-58-60-62-69(72)76-66-68(67-78-80(74,75)77-65-64-71(3,4)5)79-70(73)63-61-59-57-55-53-51-49-46-23-21-19-17-15-13-11-9-7-2/h15,17,21,23-25,68H,6-14,16,18-20,22,26-67H2,1-5H3/p+1/b17-15-,23-21-,25-24-. The minimum Gasteiger partial charge on any atom is -0.462 e. The molecule has 80 heavy (non-hydrogen) atoms. The van der Waals surface area contributed by atoms with Gasteiger partial charge in [0.15, 0.2) is 6.10 Å². The van der Waals surface area contributed by atoms with E-state index in [1.807, 2.05) is 21.1 Å². The van der Waals surface area contributed by atoms with E-state index >= 15 is 0 Å². The first-order valence-electron chi connectivity index (χ1n) is 34.7. The van der Waals surface area contributed by atoms with Crippen molar-refractivity contribution in [2.45, 2.75) is 354 Å². The lowest BCUT2D eigenvalue weighted by atomic mass is 10.0. The van der Waals surface area contributed by atoms with Crippen LogP contribution in [0.1, 0.15) is 348 Å². The Balaban J connectivity index is 3.87. The van der Waals surface area contributed by atoms with Gasteiger partial charge in [0.2, 0.25) is 0 Å². The highest BCUT2D eigenvalue weighted by Crippen LogP contribution is 2.43. The molecule has 472 valence electrons. The Hall–Kier alpha value is -1.77. The second kappa shape index (κ2) is 61.8. The molecular formula is C70H135NO8P+. The third-order valence-electron chi connectivity index (χ3n) is 15.6. The van der Waals surface area contributed by atoms with Gasteiger partial charge >= 0.3 is 19.8 Å². The maximum absolute atomic E-state index is 12.8. The number of nitrogens with zero attached hydrogens (tertiary/aromatic N) is 1. The predicted octanol–water partition coefficient (Wildman–Crippen LogP) is 22.3. The first-order valence-corrected chi connectivity index (χ1v) is 36.2. The number of hydrogen-bond acceptors (Lipinski definition) is 7. The molecule has 9 nitrogen and oxygen atoms in total. The van der Waals surface area contributed by atoms with Gasteiger partial charge in [0.25, 0.3) is 0 Å². The van der Waals surface area contributed by atoms with Crippen molar-refractivity contribution in [2.24, 2.45) is 0 Å². The zero-order valence-electron chi connectivity index (χ0n) is 53.8. The molecule has 0 aliphatic carbocycles. The zero-order chi connectivity index (χ0) is 58.4. The Morgan fingerprint density at radius 3 is 1.02 bits per heavy atom. The van der Waals surface area contributed by atoms with Crippen LogP contribution in [0.25, 0.3) is 0 Å². The fourth-order valence-corrected chi connectivity index (χ4v) is 11.0. The number of esters is 2. The van der Waals surface area contributed by atoms with E-state index in [0.717, 1.165) is 51.4 Å². The number of rotatable bonds is 65. The molecule has 0 amide bonds. The zero-order valence-corrected chi connectivity index (χ0v) is 54.7. The van der Waals surface area contributed by atoms with Crippen molar-refractivity contribution in [3.63, 3.8) is 0 Å². The van der Waals surface area contributed by atoms with E-state index in [9.17, 15) is 19.0 Å². The monoisotopic (exact) mass is 1150 g/mol. The molecule has 2 unspecified atom stereocenters. The van der Waals surface area contributed by atoms with Crippen LogP contribution in [0, 0.1) is 0 Å². The van der Waals surface area contributed by atoms with Crippen molar-refractivity contribution in [1.29, 1.82) is 0 Å². The van der Waals surface area contributed by atoms with Crippen LogP contribution in [0.5, 0.6) is 0 Å². The molecule has 0 fully saturated rings. The molecule has 0 radical (unpaired) electrons. The molecule has 10 heteroatoms. The Morgan fingerprint density at radius 1 is 0.388 bits per heavy atom. The average Bonchev–Trinajstić information content (AvgIpc) is 3.42. The smallest absolute Gasteiger partial charge is 0.462 e. The summed E-state index contributed by atoms with van der Waals surface area (Å²) in [6.45, 7) is 4.45. The highest BCUT2D eigenvalue weighted by atomic mass is 31.2. The second-order valence-electron chi connectivity index (χ2n) is 24.9. The maximum Gasteiger partial charge on any atom is 0.472 e. The number of hydrogen-bond donors (Lipinski definition) is 1. The fraction of sp³-hybridized carbons (Fsp3) is 0.886. The molecule has 1 N–H and O–H groups in total. The maximum atomic E-state index is 12.8. The number of unbranched alkanes of at least 4 members (excludes halogenated alkanes) is 45. The molecule has 0 spiro atoms. The highest BCUT2D eigenvalue weighted by molar-refractivity contribution is 7.47. The molecule has 0 rings (SSSR count). The Morgan fingerprint density at radius 2 is 0.675 bits per heavy atom. The van der Waals surface area contributed by atoms with Gasteiger partial charge in [-0.25, -0.2) is 4.57 Å². The molecule has 0 saturated carbocycles. The van der Waals surface area contributed by atoms with Crippen LogP contribution in [-0.2, 0) is 32.7 Å². The lowest BCUT2D eigenvalue weighted by molar-refractivity contribution is -0.870. The number of quaternary nitrogens is 1. The summed E-state index contributed by atoms with van der Waals surface area (Å²) in [5.41, 5.74) is 0. The first kappa shape index (κ1) is 78.2. The normalized spacial score (nSPS) is 13.3. The molecule has 2 atom stereocenters. The van der Waals surface area contributed by atoms with Gasteiger partial charge < -0.3 is 18.9 Å². The fourth-order valence-electron chi connectivity index (χ4n) is 10.3. The summed E-state index contributed by atoms with van der Waals surface area (Å²) in [6.07, 6.45) is 78.4. The van der Waals surface area contributed by atoms with E-state index in [1.54, 1.807) is 0 Å². The second-order valence-corrected chi connectivity index (χ2v) is 26.4. The van der Waals surface area contributed by atoms with Crippen LogP contribution < -0.4 is 0 Å². The van der Waals surface area contributed by atoms with Crippen LogP contribution in [0.15, 0.2) is 36.5 Å². The van der Waals surface area contributed by atoms with Gasteiger partial charge in [-0.3, -0.25) is 18.6 Å². The van der Waals surface area contributed by atoms with E-state index in [2.05, 4.69) is 50.3 Å². The molecule has 0 aromatic heterocycles. The molecule has 0 aliphatic heterocycles. The minimum absolute atomic E-state index is 0.0318. The van der Waals surface area contributed by atoms with E-state index in [-0.39, 0.29) is 25.6 Å². The van der Waals surface area contributed by atoms with E-state index < -0.39 is 26.5 Å². The molecule has 0 saturated heterocycles. The van der Waals surface area contributed by atoms with Gasteiger partial charge in [0.05, 0.1) is 27.7 Å². The van der Waals surface area contributed by atoms with Gasteiger partial charge in [0.1, 0.15) is 19.8 Å². The quantitative estimate of drug-likeness (QED) is 0.0211. The lowest BCUT2D eigenvalue weighted by Gasteiger charge is -2.24. The summed E-state index contributed by atoms with van der Waals surface area (Å²) in [6, 6.07) is 0. The average molecular weight is 1150 g/mol. The molecule has 0 aromatic rings. The van der Waals surface area contributed by atoms with Gasteiger partial charge in [-0.2, -0.15) is 0 Å². The largest absolute Gasteiger partial charge is 0.472 e. The topological polar surface area (TPSA) is 108 Å². The predicted molar refractivity (Wildman–Crippen MR) is 344 cm³/mol. The number of carbonyl (C=O) groups excluding carboxylic acids is 2. The summed E-state index contributed by atoms with van der Waals surface area (Å²) in [5, 5.41) is 0. The van der Waals surface area contributed by atoms with Gasteiger partial charge in [0, 0.05) is 12.8 Å². The van der Waals surface area contributed by atoms with Crippen LogP contribution in [0.4, 0.5) is 0 Å². The number of phosphoric acid groups is 1. The van der Waals surface area contributed by atoms with Crippen molar-refractivity contribution in [3.8, 4) is 0 Å². The van der Waals surface area contributed by atoms with Crippen LogP contribution >= 0.6 is 7.82 Å². The number of carbonyl (C=O) groups is 2. The minimum atomic E-state index is -4.39. The van der Waals surface area contributed by atoms with Crippen molar-refractivity contribution in [3.05, 3.63) is 36.5 Å². The molecule has 0 aromatic carbocycles. The van der Waals surface area contributed by atoms with Crippen molar-refractivity contribution < 1.29 is 42.1 Å². The number of ether oxygens (including phenoxy) is 2. The summed E-state index contributed by atoms with van der Waals surface area (Å²) in [5.74, 6) is -0.790. The van der Waals surface area contributed by atoms with Crippen LogP contribution in [0.2, 0.25) is 0 Å². The SMILES string of the molecule is CCCCC/C=C\C/C=C\CCCCCCCCCC(=O)OC(COC(=O)CCCCCCCCCCCCCCCCCCCCCCCCCCCCC/C=C\CCCCCCCCCC)COP(=O)(O)OCC[N+](C)(C)C. The van der Waals surface area contributed by atoms with Gasteiger partial charge in [-0.1, -0.05) is 301 Å².